The zero-order valence-corrected chi connectivity index (χ0v) is 14.4. The van der Waals surface area contributed by atoms with Crippen molar-refractivity contribution in [2.24, 2.45) is 11.3 Å². The van der Waals surface area contributed by atoms with Gasteiger partial charge >= 0.3 is 11.9 Å². The lowest BCUT2D eigenvalue weighted by atomic mass is 9.74. The molecule has 4 nitrogen and oxygen atoms in total. The normalized spacial score (nSPS) is 23.8. The molecule has 0 aliphatic heterocycles. The van der Waals surface area contributed by atoms with Crippen molar-refractivity contribution >= 4 is 11.9 Å². The van der Waals surface area contributed by atoms with Crippen LogP contribution in [0.15, 0.2) is 24.3 Å². The van der Waals surface area contributed by atoms with Gasteiger partial charge in [-0.1, -0.05) is 31.5 Å². The molecule has 1 aromatic rings. The largest absolute Gasteiger partial charge is 0.465 e. The third kappa shape index (κ3) is 3.41. The van der Waals surface area contributed by atoms with Gasteiger partial charge in [-0.15, -0.1) is 0 Å². The van der Waals surface area contributed by atoms with E-state index >= 15 is 0 Å². The third-order valence-corrected chi connectivity index (χ3v) is 4.85. The van der Waals surface area contributed by atoms with Gasteiger partial charge in [0, 0.05) is 0 Å². The molecular weight excluding hydrogens is 292 g/mol. The summed E-state index contributed by atoms with van der Waals surface area (Å²) in [6.45, 7) is 8.10. The molecule has 0 bridgehead atoms. The molecule has 2 atom stereocenters. The SMILES string of the molecule is CCOC(=O)C1(C(C)C)CCCC1OC(=O)c1ccc(C)cc1. The maximum Gasteiger partial charge on any atom is 0.338 e. The topological polar surface area (TPSA) is 52.6 Å². The van der Waals surface area contributed by atoms with Crippen LogP contribution < -0.4 is 0 Å². The molecule has 126 valence electrons. The van der Waals surface area contributed by atoms with Gasteiger partial charge in [0.2, 0.25) is 0 Å². The number of esters is 2. The first-order valence-electron chi connectivity index (χ1n) is 8.36. The van der Waals surface area contributed by atoms with E-state index in [0.29, 0.717) is 25.0 Å². The Balaban J connectivity index is 2.21. The molecule has 0 heterocycles. The molecule has 1 aliphatic carbocycles. The van der Waals surface area contributed by atoms with Gasteiger partial charge < -0.3 is 9.47 Å². The van der Waals surface area contributed by atoms with Crippen molar-refractivity contribution in [2.75, 3.05) is 6.61 Å². The van der Waals surface area contributed by atoms with Crippen LogP contribution in [0.3, 0.4) is 0 Å². The van der Waals surface area contributed by atoms with Crippen LogP contribution in [-0.4, -0.2) is 24.6 Å². The zero-order valence-electron chi connectivity index (χ0n) is 14.4. The number of ether oxygens (including phenoxy) is 2. The minimum atomic E-state index is -0.726. The quantitative estimate of drug-likeness (QED) is 0.772. The number of hydrogen-bond donors (Lipinski definition) is 0. The third-order valence-electron chi connectivity index (χ3n) is 4.85. The predicted octanol–water partition coefficient (Wildman–Crippen LogP) is 3.91. The molecule has 2 rings (SSSR count). The number of aryl methyl sites for hydroxylation is 1. The van der Waals surface area contributed by atoms with Gasteiger partial charge in [-0.2, -0.15) is 0 Å². The Bertz CT molecular complexity index is 561. The van der Waals surface area contributed by atoms with Crippen molar-refractivity contribution in [3.05, 3.63) is 35.4 Å². The van der Waals surface area contributed by atoms with Crippen molar-refractivity contribution in [3.8, 4) is 0 Å². The molecule has 2 unspecified atom stereocenters. The second-order valence-corrected chi connectivity index (χ2v) is 6.57. The molecule has 0 aromatic heterocycles. The van der Waals surface area contributed by atoms with Crippen LogP contribution >= 0.6 is 0 Å². The number of hydrogen-bond acceptors (Lipinski definition) is 4. The molecule has 1 fully saturated rings. The van der Waals surface area contributed by atoms with Crippen LogP contribution in [0.2, 0.25) is 0 Å². The number of carbonyl (C=O) groups excluding carboxylic acids is 2. The first-order chi connectivity index (χ1) is 10.9. The molecule has 0 amide bonds. The fraction of sp³-hybridized carbons (Fsp3) is 0.579. The van der Waals surface area contributed by atoms with E-state index in [4.69, 9.17) is 9.47 Å². The fourth-order valence-electron chi connectivity index (χ4n) is 3.44. The van der Waals surface area contributed by atoms with Crippen molar-refractivity contribution in [3.63, 3.8) is 0 Å². The number of rotatable bonds is 5. The number of carbonyl (C=O) groups is 2. The van der Waals surface area contributed by atoms with Crippen LogP contribution in [0.1, 0.15) is 56.0 Å². The van der Waals surface area contributed by atoms with Crippen molar-refractivity contribution < 1.29 is 19.1 Å². The minimum Gasteiger partial charge on any atom is -0.465 e. The molecule has 1 aromatic carbocycles. The van der Waals surface area contributed by atoms with Crippen LogP contribution in [0.4, 0.5) is 0 Å². The Hall–Kier alpha value is -1.84. The summed E-state index contributed by atoms with van der Waals surface area (Å²) in [7, 11) is 0. The van der Waals surface area contributed by atoms with E-state index in [1.165, 1.54) is 0 Å². The van der Waals surface area contributed by atoms with E-state index in [2.05, 4.69) is 0 Å². The maximum absolute atomic E-state index is 12.6. The lowest BCUT2D eigenvalue weighted by Crippen LogP contribution is -2.46. The second-order valence-electron chi connectivity index (χ2n) is 6.57. The van der Waals surface area contributed by atoms with Crippen molar-refractivity contribution in [2.45, 2.75) is 53.1 Å². The molecule has 0 spiro atoms. The molecule has 0 saturated heterocycles. The predicted molar refractivity (Wildman–Crippen MR) is 88.1 cm³/mol. The van der Waals surface area contributed by atoms with Gasteiger partial charge in [0.25, 0.3) is 0 Å². The van der Waals surface area contributed by atoms with E-state index in [9.17, 15) is 9.59 Å². The van der Waals surface area contributed by atoms with Gasteiger partial charge in [0.15, 0.2) is 0 Å². The van der Waals surface area contributed by atoms with Gasteiger partial charge in [-0.3, -0.25) is 4.79 Å². The lowest BCUT2D eigenvalue weighted by Gasteiger charge is -2.36. The highest BCUT2D eigenvalue weighted by molar-refractivity contribution is 5.90. The van der Waals surface area contributed by atoms with E-state index in [0.717, 1.165) is 12.0 Å². The smallest absolute Gasteiger partial charge is 0.338 e. The summed E-state index contributed by atoms with van der Waals surface area (Å²) in [6, 6.07) is 7.28. The molecule has 1 saturated carbocycles. The van der Waals surface area contributed by atoms with E-state index in [1.807, 2.05) is 32.9 Å². The monoisotopic (exact) mass is 318 g/mol. The molecular formula is C19H26O4. The Labute approximate surface area is 138 Å². The molecule has 0 N–H and O–H groups in total. The Kier molecular flexibility index (Phi) is 5.45. The summed E-state index contributed by atoms with van der Waals surface area (Å²) < 4.78 is 11.0. The summed E-state index contributed by atoms with van der Waals surface area (Å²) in [4.78, 5) is 25.0. The standard InChI is InChI=1S/C19H26O4/c1-5-22-18(21)19(13(2)3)12-6-7-16(19)23-17(20)15-10-8-14(4)9-11-15/h8-11,13,16H,5-7,12H2,1-4H3. The number of benzene rings is 1. The second kappa shape index (κ2) is 7.16. The van der Waals surface area contributed by atoms with E-state index in [1.54, 1.807) is 19.1 Å². The van der Waals surface area contributed by atoms with Crippen LogP contribution in [0.25, 0.3) is 0 Å². The van der Waals surface area contributed by atoms with E-state index in [-0.39, 0.29) is 17.9 Å². The maximum atomic E-state index is 12.6. The summed E-state index contributed by atoms with van der Waals surface area (Å²) in [5, 5.41) is 0. The zero-order chi connectivity index (χ0) is 17.0. The van der Waals surface area contributed by atoms with Crippen molar-refractivity contribution in [1.82, 2.24) is 0 Å². The lowest BCUT2D eigenvalue weighted by molar-refractivity contribution is -0.165. The highest BCUT2D eigenvalue weighted by atomic mass is 16.6. The Morgan fingerprint density at radius 2 is 1.91 bits per heavy atom. The average molecular weight is 318 g/mol. The molecule has 23 heavy (non-hydrogen) atoms. The average Bonchev–Trinajstić information content (AvgIpc) is 2.92. The highest BCUT2D eigenvalue weighted by Crippen LogP contribution is 2.47. The summed E-state index contributed by atoms with van der Waals surface area (Å²) in [5.74, 6) is -0.555. The summed E-state index contributed by atoms with van der Waals surface area (Å²) in [5.41, 5.74) is 0.880. The molecule has 4 heteroatoms. The molecule has 1 aliphatic rings. The summed E-state index contributed by atoms with van der Waals surface area (Å²) >= 11 is 0. The Morgan fingerprint density at radius 3 is 2.48 bits per heavy atom. The van der Waals surface area contributed by atoms with Crippen molar-refractivity contribution in [1.29, 1.82) is 0 Å². The Morgan fingerprint density at radius 1 is 1.26 bits per heavy atom. The van der Waals surface area contributed by atoms with Crippen LogP contribution in [-0.2, 0) is 14.3 Å². The fourth-order valence-corrected chi connectivity index (χ4v) is 3.44. The van der Waals surface area contributed by atoms with Gasteiger partial charge in [0.1, 0.15) is 11.5 Å². The molecule has 0 radical (unpaired) electrons. The first kappa shape index (κ1) is 17.5. The van der Waals surface area contributed by atoms with Crippen LogP contribution in [0.5, 0.6) is 0 Å². The van der Waals surface area contributed by atoms with Gasteiger partial charge in [-0.05, 0) is 51.2 Å². The highest BCUT2D eigenvalue weighted by Gasteiger charge is 2.54. The van der Waals surface area contributed by atoms with Crippen LogP contribution in [0, 0.1) is 18.3 Å². The van der Waals surface area contributed by atoms with Gasteiger partial charge in [-0.25, -0.2) is 4.79 Å². The minimum absolute atomic E-state index is 0.0554. The summed E-state index contributed by atoms with van der Waals surface area (Å²) in [6.07, 6.45) is 1.85. The first-order valence-corrected chi connectivity index (χ1v) is 8.36. The van der Waals surface area contributed by atoms with Gasteiger partial charge in [0.05, 0.1) is 12.2 Å². The van der Waals surface area contributed by atoms with E-state index < -0.39 is 11.5 Å².